The van der Waals surface area contributed by atoms with Crippen LogP contribution in [0.4, 0.5) is 11.4 Å². The Labute approximate surface area is 186 Å². The number of amides is 1. The summed E-state index contributed by atoms with van der Waals surface area (Å²) in [6, 6.07) is 22.2. The third-order valence-electron chi connectivity index (χ3n) is 5.09. The third-order valence-corrected chi connectivity index (χ3v) is 6.81. The molecule has 1 amide bonds. The number of nitrogens with zero attached hydrogens (tertiary/aromatic N) is 1. The molecular formula is C24H22N2O5S. The molecule has 0 aromatic heterocycles. The van der Waals surface area contributed by atoms with Crippen molar-refractivity contribution >= 4 is 33.1 Å². The first-order chi connectivity index (χ1) is 15.3. The number of sulfonamides is 1. The Bertz CT molecular complexity index is 1260. The molecule has 7 nitrogen and oxygen atoms in total. The van der Waals surface area contributed by atoms with Crippen molar-refractivity contribution in [2.45, 2.75) is 18.8 Å². The van der Waals surface area contributed by atoms with Crippen molar-refractivity contribution in [3.8, 4) is 5.75 Å². The highest BCUT2D eigenvalue weighted by atomic mass is 32.2. The van der Waals surface area contributed by atoms with Gasteiger partial charge in [-0.25, -0.2) is 8.42 Å². The summed E-state index contributed by atoms with van der Waals surface area (Å²) in [5, 5.41) is 2.72. The van der Waals surface area contributed by atoms with Crippen LogP contribution < -0.4 is 14.4 Å². The van der Waals surface area contributed by atoms with Crippen molar-refractivity contribution in [1.29, 1.82) is 0 Å². The Kier molecular flexibility index (Phi) is 5.96. The summed E-state index contributed by atoms with van der Waals surface area (Å²) in [6.07, 6.45) is -1.06. The number of carbonyl (C=O) groups excluding carboxylic acids is 2. The molecule has 164 valence electrons. The van der Waals surface area contributed by atoms with Crippen molar-refractivity contribution in [1.82, 2.24) is 0 Å². The van der Waals surface area contributed by atoms with E-state index in [-0.39, 0.29) is 18.1 Å². The van der Waals surface area contributed by atoms with Crippen molar-refractivity contribution in [3.05, 3.63) is 90.0 Å². The Hall–Kier alpha value is -3.65. The van der Waals surface area contributed by atoms with E-state index >= 15 is 0 Å². The van der Waals surface area contributed by atoms with Crippen LogP contribution in [0.5, 0.6) is 5.75 Å². The van der Waals surface area contributed by atoms with E-state index in [4.69, 9.17) is 4.74 Å². The van der Waals surface area contributed by atoms with Crippen LogP contribution in [0.15, 0.2) is 78.9 Å². The molecule has 1 atom stereocenters. The van der Waals surface area contributed by atoms with Gasteiger partial charge in [-0.3, -0.25) is 13.9 Å². The average molecular weight is 451 g/mol. The lowest BCUT2D eigenvalue weighted by Crippen LogP contribution is -2.49. The van der Waals surface area contributed by atoms with Crippen molar-refractivity contribution < 1.29 is 22.7 Å². The van der Waals surface area contributed by atoms with Gasteiger partial charge in [-0.15, -0.1) is 0 Å². The molecule has 0 saturated carbocycles. The smallest absolute Gasteiger partial charge is 0.267 e. The summed E-state index contributed by atoms with van der Waals surface area (Å²) >= 11 is 0. The molecule has 3 aromatic rings. The molecule has 1 aliphatic rings. The van der Waals surface area contributed by atoms with Crippen LogP contribution in [0, 0.1) is 0 Å². The largest absolute Gasteiger partial charge is 0.476 e. The second kappa shape index (κ2) is 8.84. The lowest BCUT2D eigenvalue weighted by Gasteiger charge is -2.34. The van der Waals surface area contributed by atoms with E-state index in [0.717, 1.165) is 0 Å². The van der Waals surface area contributed by atoms with E-state index in [1.807, 2.05) is 6.07 Å². The van der Waals surface area contributed by atoms with Crippen LogP contribution in [0.1, 0.15) is 22.8 Å². The molecule has 4 rings (SSSR count). The zero-order valence-electron chi connectivity index (χ0n) is 17.4. The maximum Gasteiger partial charge on any atom is 0.267 e. The van der Waals surface area contributed by atoms with Gasteiger partial charge in [-0.1, -0.05) is 54.6 Å². The second-order valence-electron chi connectivity index (χ2n) is 7.47. The molecule has 1 aliphatic heterocycles. The van der Waals surface area contributed by atoms with Gasteiger partial charge in [0.2, 0.25) is 10.0 Å². The van der Waals surface area contributed by atoms with Crippen molar-refractivity contribution in [3.63, 3.8) is 0 Å². The molecule has 8 heteroatoms. The van der Waals surface area contributed by atoms with E-state index in [1.54, 1.807) is 72.8 Å². The molecule has 0 radical (unpaired) electrons. The Balaban J connectivity index is 1.60. The number of anilines is 2. The molecule has 1 heterocycles. The topological polar surface area (TPSA) is 92.8 Å². The van der Waals surface area contributed by atoms with Gasteiger partial charge in [0.25, 0.3) is 5.91 Å². The first kappa shape index (κ1) is 21.6. The van der Waals surface area contributed by atoms with Crippen LogP contribution in [-0.2, 0) is 20.6 Å². The number of rotatable bonds is 6. The van der Waals surface area contributed by atoms with Crippen LogP contribution >= 0.6 is 0 Å². The molecule has 3 aromatic carbocycles. The number of carbonyl (C=O) groups is 2. The van der Waals surface area contributed by atoms with Gasteiger partial charge in [0, 0.05) is 11.3 Å². The standard InChI is InChI=1S/C24H22N2O5S/c1-17(27)19-10-7-11-20(14-19)25-24(28)23-15-26(21-12-5-6-13-22(21)31-23)32(29,30)16-18-8-3-2-4-9-18/h2-14,23H,15-16H2,1H3,(H,25,28). The Morgan fingerprint density at radius 3 is 2.47 bits per heavy atom. The minimum Gasteiger partial charge on any atom is -0.476 e. The summed E-state index contributed by atoms with van der Waals surface area (Å²) in [6.45, 7) is 1.28. The van der Waals surface area contributed by atoms with E-state index in [2.05, 4.69) is 5.32 Å². The fourth-order valence-corrected chi connectivity index (χ4v) is 5.09. The lowest BCUT2D eigenvalue weighted by molar-refractivity contribution is -0.122. The summed E-state index contributed by atoms with van der Waals surface area (Å²) in [5.74, 6) is -0.507. The number of fused-ring (bicyclic) bond motifs is 1. The molecule has 1 N–H and O–H groups in total. The summed E-state index contributed by atoms with van der Waals surface area (Å²) in [5.41, 5.74) is 1.94. The van der Waals surface area contributed by atoms with Gasteiger partial charge in [-0.05, 0) is 36.8 Å². The number of para-hydroxylation sites is 2. The van der Waals surface area contributed by atoms with Gasteiger partial charge in [0.1, 0.15) is 5.75 Å². The fraction of sp³-hybridized carbons (Fsp3) is 0.167. The molecule has 0 bridgehead atoms. The van der Waals surface area contributed by atoms with Crippen LogP contribution in [0.2, 0.25) is 0 Å². The van der Waals surface area contributed by atoms with Crippen molar-refractivity contribution in [2.24, 2.45) is 0 Å². The number of hydrogen-bond acceptors (Lipinski definition) is 5. The minimum absolute atomic E-state index is 0.123. The summed E-state index contributed by atoms with van der Waals surface area (Å²) in [4.78, 5) is 24.6. The minimum atomic E-state index is -3.78. The maximum absolute atomic E-state index is 13.3. The first-order valence-electron chi connectivity index (χ1n) is 10.1. The maximum atomic E-state index is 13.3. The van der Waals surface area contributed by atoms with Gasteiger partial charge in [0.05, 0.1) is 18.0 Å². The second-order valence-corrected chi connectivity index (χ2v) is 9.37. The number of benzene rings is 3. The highest BCUT2D eigenvalue weighted by Gasteiger charge is 2.36. The third kappa shape index (κ3) is 4.65. The van der Waals surface area contributed by atoms with Gasteiger partial charge in [-0.2, -0.15) is 0 Å². The van der Waals surface area contributed by atoms with Crippen LogP contribution in [-0.4, -0.2) is 32.8 Å². The highest BCUT2D eigenvalue weighted by molar-refractivity contribution is 7.92. The average Bonchev–Trinajstić information content (AvgIpc) is 2.78. The molecule has 0 saturated heterocycles. The lowest BCUT2D eigenvalue weighted by atomic mass is 10.1. The summed E-state index contributed by atoms with van der Waals surface area (Å²) < 4.78 is 33.6. The molecule has 1 unspecified atom stereocenters. The number of hydrogen-bond donors (Lipinski definition) is 1. The van der Waals surface area contributed by atoms with Crippen molar-refractivity contribution in [2.75, 3.05) is 16.2 Å². The van der Waals surface area contributed by atoms with Gasteiger partial charge in [0.15, 0.2) is 11.9 Å². The highest BCUT2D eigenvalue weighted by Crippen LogP contribution is 2.36. The van der Waals surface area contributed by atoms with Crippen LogP contribution in [0.25, 0.3) is 0 Å². The number of nitrogens with one attached hydrogen (secondary N) is 1. The van der Waals surface area contributed by atoms with Gasteiger partial charge < -0.3 is 10.1 Å². The van der Waals surface area contributed by atoms with E-state index in [9.17, 15) is 18.0 Å². The molecule has 0 aliphatic carbocycles. The quantitative estimate of drug-likeness (QED) is 0.579. The van der Waals surface area contributed by atoms with E-state index in [0.29, 0.717) is 28.3 Å². The molecule has 0 fully saturated rings. The van der Waals surface area contributed by atoms with Crippen LogP contribution in [0.3, 0.4) is 0 Å². The predicted octanol–water partition coefficient (Wildman–Crippen LogP) is 3.63. The summed E-state index contributed by atoms with van der Waals surface area (Å²) in [7, 11) is -3.78. The SMILES string of the molecule is CC(=O)c1cccc(NC(=O)C2CN(S(=O)(=O)Cc3ccccc3)c3ccccc3O2)c1. The molecular weight excluding hydrogens is 428 g/mol. The number of ether oxygens (including phenoxy) is 1. The van der Waals surface area contributed by atoms with E-state index < -0.39 is 22.0 Å². The first-order valence-corrected chi connectivity index (χ1v) is 11.7. The van der Waals surface area contributed by atoms with Gasteiger partial charge >= 0.3 is 0 Å². The zero-order chi connectivity index (χ0) is 22.7. The number of ketones is 1. The Morgan fingerprint density at radius 1 is 1.00 bits per heavy atom. The predicted molar refractivity (Wildman–Crippen MR) is 122 cm³/mol. The normalized spacial score (nSPS) is 15.4. The fourth-order valence-electron chi connectivity index (χ4n) is 3.50. The molecule has 0 spiro atoms. The number of Topliss-reactive ketones (excluding diaryl/α,β-unsaturated/α-hetero) is 1. The monoisotopic (exact) mass is 450 g/mol. The zero-order valence-corrected chi connectivity index (χ0v) is 18.2. The van der Waals surface area contributed by atoms with E-state index in [1.165, 1.54) is 11.2 Å². The molecule has 32 heavy (non-hydrogen) atoms. The Morgan fingerprint density at radius 2 is 1.72 bits per heavy atom.